The summed E-state index contributed by atoms with van der Waals surface area (Å²) in [6, 6.07) is 8.56. The van der Waals surface area contributed by atoms with Crippen molar-refractivity contribution < 1.29 is 19.1 Å². The van der Waals surface area contributed by atoms with Crippen LogP contribution in [-0.4, -0.2) is 51.8 Å². The highest BCUT2D eigenvalue weighted by atomic mass is 35.5. The van der Waals surface area contributed by atoms with Crippen LogP contribution < -0.4 is 0 Å². The number of benzene rings is 1. The molecule has 1 amide bonds. The average Bonchev–Trinajstić information content (AvgIpc) is 3.44. The molecular weight excluding hydrogens is 462 g/mol. The lowest BCUT2D eigenvalue weighted by atomic mass is 9.96. The third-order valence-corrected chi connectivity index (χ3v) is 6.90. The smallest absolute Gasteiger partial charge is 0.309 e. The number of nitrogens with zero attached hydrogens (tertiary/aromatic N) is 3. The Labute approximate surface area is 200 Å². The molecular formula is C24H24ClN3O4S. The Balaban J connectivity index is 1.30. The van der Waals surface area contributed by atoms with E-state index in [0.717, 1.165) is 16.5 Å². The molecule has 1 fully saturated rings. The van der Waals surface area contributed by atoms with Crippen LogP contribution in [0.15, 0.2) is 41.9 Å². The predicted octanol–water partition coefficient (Wildman–Crippen LogP) is 4.48. The number of halogens is 1. The number of ether oxygens (including phenoxy) is 1. The fourth-order valence-corrected chi connectivity index (χ4v) is 4.97. The van der Waals surface area contributed by atoms with E-state index in [9.17, 15) is 14.4 Å². The molecule has 0 atom stereocenters. The van der Waals surface area contributed by atoms with Gasteiger partial charge in [-0.15, -0.1) is 11.3 Å². The zero-order valence-electron chi connectivity index (χ0n) is 18.4. The van der Waals surface area contributed by atoms with Crippen molar-refractivity contribution in [1.29, 1.82) is 0 Å². The highest BCUT2D eigenvalue weighted by Crippen LogP contribution is 2.24. The molecule has 7 nitrogen and oxygen atoms in total. The molecule has 0 unspecified atom stereocenters. The number of Topliss-reactive ketones (excluding diaryl/α,β-unsaturated/α-hetero) is 1. The summed E-state index contributed by atoms with van der Waals surface area (Å²) in [7, 11) is 0. The molecule has 0 N–H and O–H groups in total. The number of esters is 1. The average molecular weight is 486 g/mol. The highest BCUT2D eigenvalue weighted by molar-refractivity contribution is 7.12. The molecule has 0 aliphatic carbocycles. The molecule has 0 radical (unpaired) electrons. The minimum absolute atomic E-state index is 0.0794. The van der Waals surface area contributed by atoms with Crippen LogP contribution in [0.3, 0.4) is 0 Å². The van der Waals surface area contributed by atoms with Gasteiger partial charge in [-0.25, -0.2) is 4.98 Å². The number of carbonyl (C=O) groups is 3. The van der Waals surface area contributed by atoms with Crippen LogP contribution in [0.25, 0.3) is 5.13 Å². The van der Waals surface area contributed by atoms with Crippen molar-refractivity contribution in [2.45, 2.75) is 26.7 Å². The van der Waals surface area contributed by atoms with E-state index in [1.807, 2.05) is 23.8 Å². The maximum absolute atomic E-state index is 12.7. The Kier molecular flexibility index (Phi) is 6.95. The van der Waals surface area contributed by atoms with E-state index in [2.05, 4.69) is 4.98 Å². The summed E-state index contributed by atoms with van der Waals surface area (Å²) >= 11 is 7.37. The van der Waals surface area contributed by atoms with Crippen LogP contribution >= 0.6 is 22.9 Å². The van der Waals surface area contributed by atoms with Crippen LogP contribution in [0, 0.1) is 19.8 Å². The van der Waals surface area contributed by atoms with Gasteiger partial charge in [0.25, 0.3) is 5.91 Å². The quantitative estimate of drug-likeness (QED) is 0.379. The van der Waals surface area contributed by atoms with Gasteiger partial charge in [0.15, 0.2) is 11.7 Å². The lowest BCUT2D eigenvalue weighted by Gasteiger charge is -2.31. The Bertz CT molecular complexity index is 1160. The van der Waals surface area contributed by atoms with Gasteiger partial charge in [0, 0.05) is 52.2 Å². The fraction of sp³-hybridized carbons (Fsp3) is 0.333. The summed E-state index contributed by atoms with van der Waals surface area (Å²) in [6.45, 7) is 4.40. The number of aryl methyl sites for hydroxylation is 1. The standard InChI is InChI=1S/C24H24ClN3O4S/c1-15-13-20(16(2)28(15)24-26-9-12-33-24)21(29)14-32-23(31)18-7-10-27(11-8-18)22(30)17-3-5-19(25)6-4-17/h3-6,9,12-13,18H,7-8,10-11,14H2,1-2H3. The first kappa shape index (κ1) is 23.2. The van der Waals surface area contributed by atoms with E-state index in [1.54, 1.807) is 41.4 Å². The molecule has 172 valence electrons. The number of thiazole rings is 1. The summed E-state index contributed by atoms with van der Waals surface area (Å²) in [6.07, 6.45) is 2.73. The van der Waals surface area contributed by atoms with E-state index in [-0.39, 0.29) is 24.2 Å². The van der Waals surface area contributed by atoms with Gasteiger partial charge >= 0.3 is 5.97 Å². The number of amides is 1. The number of ketones is 1. The Hall–Kier alpha value is -2.97. The second-order valence-electron chi connectivity index (χ2n) is 8.04. The molecule has 1 aromatic carbocycles. The molecule has 33 heavy (non-hydrogen) atoms. The van der Waals surface area contributed by atoms with Gasteiger partial charge < -0.3 is 9.64 Å². The summed E-state index contributed by atoms with van der Waals surface area (Å²) in [4.78, 5) is 44.0. The van der Waals surface area contributed by atoms with Gasteiger partial charge in [-0.05, 0) is 57.0 Å². The number of likely N-dealkylation sites (tertiary alicyclic amines) is 1. The highest BCUT2D eigenvalue weighted by Gasteiger charge is 2.29. The van der Waals surface area contributed by atoms with Crippen LogP contribution in [0.2, 0.25) is 5.02 Å². The summed E-state index contributed by atoms with van der Waals surface area (Å²) in [5, 5.41) is 3.25. The van der Waals surface area contributed by atoms with Gasteiger partial charge in [-0.2, -0.15) is 0 Å². The van der Waals surface area contributed by atoms with Gasteiger partial charge in [0.1, 0.15) is 0 Å². The molecule has 1 aliphatic rings. The van der Waals surface area contributed by atoms with E-state index in [4.69, 9.17) is 16.3 Å². The number of hydrogen-bond donors (Lipinski definition) is 0. The minimum Gasteiger partial charge on any atom is -0.457 e. The SMILES string of the molecule is Cc1cc(C(=O)COC(=O)C2CCN(C(=O)c3ccc(Cl)cc3)CC2)c(C)n1-c1nccs1. The second-order valence-corrected chi connectivity index (χ2v) is 9.35. The van der Waals surface area contributed by atoms with Crippen molar-refractivity contribution in [3.63, 3.8) is 0 Å². The molecule has 9 heteroatoms. The molecule has 3 aromatic rings. The Morgan fingerprint density at radius 1 is 1.15 bits per heavy atom. The normalized spacial score (nSPS) is 14.3. The number of rotatable bonds is 6. The lowest BCUT2D eigenvalue weighted by Crippen LogP contribution is -2.40. The van der Waals surface area contributed by atoms with Crippen LogP contribution in [0.4, 0.5) is 0 Å². The first-order valence-electron chi connectivity index (χ1n) is 10.7. The van der Waals surface area contributed by atoms with Crippen molar-refractivity contribution in [3.8, 4) is 5.13 Å². The fourth-order valence-electron chi connectivity index (χ4n) is 4.09. The Morgan fingerprint density at radius 3 is 2.48 bits per heavy atom. The number of carbonyl (C=O) groups excluding carboxylic acids is 3. The van der Waals surface area contributed by atoms with Crippen molar-refractivity contribution in [2.24, 2.45) is 5.92 Å². The molecule has 0 saturated carbocycles. The van der Waals surface area contributed by atoms with Crippen molar-refractivity contribution in [3.05, 3.63) is 69.4 Å². The molecule has 0 spiro atoms. The van der Waals surface area contributed by atoms with E-state index >= 15 is 0 Å². The van der Waals surface area contributed by atoms with Crippen LogP contribution in [0.1, 0.15) is 44.9 Å². The number of hydrogen-bond acceptors (Lipinski definition) is 6. The van der Waals surface area contributed by atoms with Gasteiger partial charge in [-0.3, -0.25) is 19.0 Å². The van der Waals surface area contributed by atoms with E-state index in [0.29, 0.717) is 42.1 Å². The summed E-state index contributed by atoms with van der Waals surface area (Å²) in [5.41, 5.74) is 2.77. The zero-order chi connectivity index (χ0) is 23.5. The minimum atomic E-state index is -0.393. The zero-order valence-corrected chi connectivity index (χ0v) is 20.0. The third kappa shape index (κ3) is 5.02. The number of piperidine rings is 1. The van der Waals surface area contributed by atoms with Crippen LogP contribution in [0.5, 0.6) is 0 Å². The second kappa shape index (κ2) is 9.89. The van der Waals surface area contributed by atoms with E-state index in [1.165, 1.54) is 11.3 Å². The summed E-state index contributed by atoms with van der Waals surface area (Å²) in [5.74, 6) is -1.04. The molecule has 2 aromatic heterocycles. The van der Waals surface area contributed by atoms with Gasteiger partial charge in [-0.1, -0.05) is 11.6 Å². The van der Waals surface area contributed by atoms with Crippen LogP contribution in [-0.2, 0) is 9.53 Å². The summed E-state index contributed by atoms with van der Waals surface area (Å²) < 4.78 is 7.28. The molecule has 1 saturated heterocycles. The molecule has 1 aliphatic heterocycles. The number of aromatic nitrogens is 2. The van der Waals surface area contributed by atoms with E-state index < -0.39 is 5.97 Å². The van der Waals surface area contributed by atoms with Gasteiger partial charge in [0.2, 0.25) is 5.78 Å². The third-order valence-electron chi connectivity index (χ3n) is 5.89. The molecule has 0 bridgehead atoms. The Morgan fingerprint density at radius 2 is 1.85 bits per heavy atom. The van der Waals surface area contributed by atoms with Crippen molar-refractivity contribution in [1.82, 2.24) is 14.5 Å². The van der Waals surface area contributed by atoms with Crippen molar-refractivity contribution >= 4 is 40.6 Å². The predicted molar refractivity (Wildman–Crippen MR) is 126 cm³/mol. The molecule has 3 heterocycles. The lowest BCUT2D eigenvalue weighted by molar-refractivity contribution is -0.148. The van der Waals surface area contributed by atoms with Gasteiger partial charge in [0.05, 0.1) is 5.92 Å². The first-order chi connectivity index (χ1) is 15.8. The maximum Gasteiger partial charge on any atom is 0.309 e. The molecule has 4 rings (SSSR count). The first-order valence-corrected chi connectivity index (χ1v) is 11.9. The van der Waals surface area contributed by atoms with Crippen molar-refractivity contribution in [2.75, 3.05) is 19.7 Å². The largest absolute Gasteiger partial charge is 0.457 e. The monoisotopic (exact) mass is 485 g/mol. The topological polar surface area (TPSA) is 81.5 Å². The maximum atomic E-state index is 12.7.